The van der Waals surface area contributed by atoms with Crippen molar-refractivity contribution in [2.75, 3.05) is 0 Å². The zero-order valence-electron chi connectivity index (χ0n) is 7.19. The second kappa shape index (κ2) is 2.57. The van der Waals surface area contributed by atoms with E-state index in [4.69, 9.17) is 14.7 Å². The van der Waals surface area contributed by atoms with Gasteiger partial charge < -0.3 is 9.47 Å². The molecule has 0 radical (unpaired) electrons. The Labute approximate surface area is 75.7 Å². The van der Waals surface area contributed by atoms with Crippen molar-refractivity contribution in [1.29, 1.82) is 5.26 Å². The average Bonchev–Trinajstić information content (AvgIpc) is 2.62. The lowest BCUT2D eigenvalue weighted by Crippen LogP contribution is -2.40. The lowest BCUT2D eigenvalue weighted by molar-refractivity contribution is -0.154. The Morgan fingerprint density at radius 2 is 2.54 bits per heavy atom. The standard InChI is InChI=1S/C9H9NO3/c1-6(11)13-9(5-10)4-7-2-3-8(9)12-7/h2-3,7-8H,4H2,1H3/t7?,8?,9-/m1/s1. The molecule has 1 saturated heterocycles. The van der Waals surface area contributed by atoms with Crippen molar-refractivity contribution in [2.45, 2.75) is 31.2 Å². The second-order valence-electron chi connectivity index (χ2n) is 3.28. The minimum absolute atomic E-state index is 0.0657. The molecule has 0 spiro atoms. The van der Waals surface area contributed by atoms with E-state index in [0.29, 0.717) is 6.42 Å². The molecule has 0 amide bonds. The fourth-order valence-corrected chi connectivity index (χ4v) is 1.79. The topological polar surface area (TPSA) is 59.3 Å². The molecule has 0 N–H and O–H groups in total. The highest BCUT2D eigenvalue weighted by Gasteiger charge is 2.53. The number of hydrogen-bond acceptors (Lipinski definition) is 4. The fraction of sp³-hybridized carbons (Fsp3) is 0.556. The smallest absolute Gasteiger partial charge is 0.304 e. The van der Waals surface area contributed by atoms with Gasteiger partial charge in [0, 0.05) is 13.3 Å². The predicted molar refractivity (Wildman–Crippen MR) is 42.5 cm³/mol. The molecule has 4 nitrogen and oxygen atoms in total. The summed E-state index contributed by atoms with van der Waals surface area (Å²) in [7, 11) is 0. The molecule has 0 aromatic heterocycles. The van der Waals surface area contributed by atoms with Crippen molar-refractivity contribution in [3.8, 4) is 6.07 Å². The van der Waals surface area contributed by atoms with Crippen LogP contribution in [-0.2, 0) is 14.3 Å². The molecule has 4 heteroatoms. The van der Waals surface area contributed by atoms with Crippen molar-refractivity contribution in [1.82, 2.24) is 0 Å². The van der Waals surface area contributed by atoms with Gasteiger partial charge in [-0.1, -0.05) is 12.2 Å². The van der Waals surface area contributed by atoms with Crippen LogP contribution in [0.2, 0.25) is 0 Å². The second-order valence-corrected chi connectivity index (χ2v) is 3.28. The molecule has 2 aliphatic rings. The Bertz CT molecular complexity index is 317. The van der Waals surface area contributed by atoms with Crippen LogP contribution in [-0.4, -0.2) is 23.8 Å². The average molecular weight is 179 g/mol. The monoisotopic (exact) mass is 179 g/mol. The minimum Gasteiger partial charge on any atom is -0.440 e. The highest BCUT2D eigenvalue weighted by molar-refractivity contribution is 5.67. The summed E-state index contributed by atoms with van der Waals surface area (Å²) in [5.41, 5.74) is -1.08. The van der Waals surface area contributed by atoms with Crippen molar-refractivity contribution < 1.29 is 14.3 Å². The number of carbonyl (C=O) groups is 1. The van der Waals surface area contributed by atoms with Gasteiger partial charge in [0.15, 0.2) is 0 Å². The number of hydrogen-bond donors (Lipinski definition) is 0. The first-order chi connectivity index (χ1) is 6.16. The molecule has 13 heavy (non-hydrogen) atoms. The van der Waals surface area contributed by atoms with Crippen molar-refractivity contribution in [2.24, 2.45) is 0 Å². The maximum Gasteiger partial charge on any atom is 0.304 e. The van der Waals surface area contributed by atoms with Gasteiger partial charge in [-0.15, -0.1) is 0 Å². The summed E-state index contributed by atoms with van der Waals surface area (Å²) in [5.74, 6) is -0.439. The van der Waals surface area contributed by atoms with Crippen LogP contribution in [0.5, 0.6) is 0 Å². The Balaban J connectivity index is 2.24. The zero-order chi connectivity index (χ0) is 9.47. The minimum atomic E-state index is -1.08. The van der Waals surface area contributed by atoms with Crippen LogP contribution in [0.25, 0.3) is 0 Å². The third-order valence-corrected chi connectivity index (χ3v) is 2.30. The Morgan fingerprint density at radius 1 is 1.77 bits per heavy atom. The number of fused-ring (bicyclic) bond motifs is 2. The van der Waals surface area contributed by atoms with Gasteiger partial charge in [-0.25, -0.2) is 0 Å². The van der Waals surface area contributed by atoms with E-state index in [1.54, 1.807) is 6.08 Å². The first kappa shape index (κ1) is 8.27. The largest absolute Gasteiger partial charge is 0.440 e. The normalized spacial score (nSPS) is 40.3. The van der Waals surface area contributed by atoms with E-state index < -0.39 is 11.6 Å². The van der Waals surface area contributed by atoms with Gasteiger partial charge in [0.1, 0.15) is 12.2 Å². The molecule has 2 rings (SSSR count). The number of rotatable bonds is 1. The molecule has 0 aromatic carbocycles. The highest BCUT2D eigenvalue weighted by atomic mass is 16.6. The zero-order valence-corrected chi connectivity index (χ0v) is 7.19. The van der Waals surface area contributed by atoms with Gasteiger partial charge >= 0.3 is 5.97 Å². The third-order valence-electron chi connectivity index (χ3n) is 2.30. The number of ether oxygens (including phenoxy) is 2. The van der Waals surface area contributed by atoms with Gasteiger partial charge in [0.05, 0.1) is 6.10 Å². The van der Waals surface area contributed by atoms with Crippen LogP contribution in [0, 0.1) is 11.3 Å². The number of nitrogens with zero attached hydrogens (tertiary/aromatic N) is 1. The predicted octanol–water partition coefficient (Wildman–Crippen LogP) is 0.539. The van der Waals surface area contributed by atoms with E-state index in [2.05, 4.69) is 0 Å². The Hall–Kier alpha value is -1.34. The van der Waals surface area contributed by atoms with Gasteiger partial charge in [-0.05, 0) is 0 Å². The lowest BCUT2D eigenvalue weighted by atomic mass is 9.90. The Kier molecular flexibility index (Phi) is 1.64. The van der Waals surface area contributed by atoms with Gasteiger partial charge in [-0.2, -0.15) is 5.26 Å². The number of nitriles is 1. The molecule has 0 aliphatic carbocycles. The van der Waals surface area contributed by atoms with Gasteiger partial charge in [0.25, 0.3) is 0 Å². The molecule has 2 aliphatic heterocycles. The van der Waals surface area contributed by atoms with E-state index in [9.17, 15) is 4.79 Å². The SMILES string of the molecule is CC(=O)O[C@@]1(C#N)CC2C=CC1O2. The van der Waals surface area contributed by atoms with Crippen LogP contribution in [0.1, 0.15) is 13.3 Å². The summed E-state index contributed by atoms with van der Waals surface area (Å²) < 4.78 is 10.4. The molecule has 1 fully saturated rings. The maximum atomic E-state index is 10.8. The van der Waals surface area contributed by atoms with Crippen LogP contribution in [0.3, 0.4) is 0 Å². The van der Waals surface area contributed by atoms with E-state index >= 15 is 0 Å². The quantitative estimate of drug-likeness (QED) is 0.435. The van der Waals surface area contributed by atoms with E-state index in [-0.39, 0.29) is 12.2 Å². The molecular formula is C9H9NO3. The third kappa shape index (κ3) is 1.12. The molecule has 68 valence electrons. The summed E-state index contributed by atoms with van der Waals surface area (Å²) in [6.45, 7) is 1.30. The van der Waals surface area contributed by atoms with Gasteiger partial charge in [-0.3, -0.25) is 4.79 Å². The highest BCUT2D eigenvalue weighted by Crippen LogP contribution is 2.39. The molecule has 2 unspecified atom stereocenters. The molecule has 0 aromatic rings. The molecular weight excluding hydrogens is 170 g/mol. The summed E-state index contributed by atoms with van der Waals surface area (Å²) in [6, 6.07) is 2.02. The lowest BCUT2D eigenvalue weighted by Gasteiger charge is -2.24. The fourth-order valence-electron chi connectivity index (χ4n) is 1.79. The number of esters is 1. The summed E-state index contributed by atoms with van der Waals surface area (Å²) in [6.07, 6.45) is 3.67. The van der Waals surface area contributed by atoms with Crippen LogP contribution in [0.15, 0.2) is 12.2 Å². The summed E-state index contributed by atoms with van der Waals surface area (Å²) >= 11 is 0. The Morgan fingerprint density at radius 3 is 2.92 bits per heavy atom. The van der Waals surface area contributed by atoms with Crippen LogP contribution >= 0.6 is 0 Å². The molecule has 2 bridgehead atoms. The van der Waals surface area contributed by atoms with E-state index in [1.165, 1.54) is 6.92 Å². The van der Waals surface area contributed by atoms with Crippen molar-refractivity contribution in [3.05, 3.63) is 12.2 Å². The maximum absolute atomic E-state index is 10.8. The summed E-state index contributed by atoms with van der Waals surface area (Å²) in [4.78, 5) is 10.8. The molecule has 0 saturated carbocycles. The van der Waals surface area contributed by atoms with E-state index in [1.807, 2.05) is 12.1 Å². The number of carbonyl (C=O) groups excluding carboxylic acids is 1. The van der Waals surface area contributed by atoms with Crippen molar-refractivity contribution in [3.63, 3.8) is 0 Å². The first-order valence-corrected chi connectivity index (χ1v) is 4.11. The van der Waals surface area contributed by atoms with Crippen LogP contribution in [0.4, 0.5) is 0 Å². The molecule has 2 heterocycles. The summed E-state index contributed by atoms with van der Waals surface area (Å²) in [5, 5.41) is 8.95. The first-order valence-electron chi connectivity index (χ1n) is 4.11. The molecule has 3 atom stereocenters. The van der Waals surface area contributed by atoms with Crippen molar-refractivity contribution >= 4 is 5.97 Å². The van der Waals surface area contributed by atoms with Crippen LogP contribution < -0.4 is 0 Å². The van der Waals surface area contributed by atoms with Gasteiger partial charge in [0.2, 0.25) is 5.60 Å². The van der Waals surface area contributed by atoms with E-state index in [0.717, 1.165) is 0 Å².